The molecule has 0 aromatic heterocycles. The van der Waals surface area contributed by atoms with Gasteiger partial charge in [0.05, 0.1) is 12.5 Å². The Labute approximate surface area is 121 Å². The number of aliphatic carboxylic acids is 1. The topological polar surface area (TPSA) is 53.0 Å². The van der Waals surface area contributed by atoms with Gasteiger partial charge in [-0.05, 0) is 26.3 Å². The van der Waals surface area contributed by atoms with Crippen molar-refractivity contribution in [2.75, 3.05) is 39.8 Å². The molecule has 2 saturated heterocycles. The van der Waals surface area contributed by atoms with E-state index in [1.54, 1.807) is 0 Å². The average Bonchev–Trinajstić information content (AvgIpc) is 2.39. The molecular weight excluding hydrogens is 256 g/mol. The fourth-order valence-electron chi connectivity index (χ4n) is 3.63. The van der Waals surface area contributed by atoms with E-state index in [0.29, 0.717) is 6.61 Å². The predicted octanol–water partition coefficient (Wildman–Crippen LogP) is 1.43. The molecule has 0 amide bonds. The molecule has 0 aliphatic carbocycles. The number of carboxylic acids is 1. The highest BCUT2D eigenvalue weighted by Gasteiger charge is 2.43. The molecule has 0 bridgehead atoms. The molecule has 2 aliphatic rings. The van der Waals surface area contributed by atoms with Crippen molar-refractivity contribution in [2.45, 2.75) is 50.7 Å². The Morgan fingerprint density at radius 2 is 2.05 bits per heavy atom. The Morgan fingerprint density at radius 3 is 2.65 bits per heavy atom. The second-order valence-corrected chi connectivity index (χ2v) is 6.32. The summed E-state index contributed by atoms with van der Waals surface area (Å²) in [4.78, 5) is 16.1. The van der Waals surface area contributed by atoms with E-state index in [4.69, 9.17) is 4.74 Å². The van der Waals surface area contributed by atoms with E-state index in [9.17, 15) is 9.90 Å². The Bertz CT molecular complexity index is 327. The van der Waals surface area contributed by atoms with Gasteiger partial charge in [-0.2, -0.15) is 0 Å². The van der Waals surface area contributed by atoms with Crippen molar-refractivity contribution >= 4 is 5.97 Å². The van der Waals surface area contributed by atoms with Crippen molar-refractivity contribution in [2.24, 2.45) is 0 Å². The highest BCUT2D eigenvalue weighted by Crippen LogP contribution is 2.36. The third kappa shape index (κ3) is 3.71. The lowest BCUT2D eigenvalue weighted by Gasteiger charge is -2.50. The first-order valence-corrected chi connectivity index (χ1v) is 7.83. The molecule has 2 unspecified atom stereocenters. The quantitative estimate of drug-likeness (QED) is 0.827. The van der Waals surface area contributed by atoms with Crippen LogP contribution in [0.4, 0.5) is 0 Å². The van der Waals surface area contributed by atoms with E-state index in [1.165, 1.54) is 0 Å². The third-order valence-corrected chi connectivity index (χ3v) is 4.79. The van der Waals surface area contributed by atoms with Crippen LogP contribution in [0.5, 0.6) is 0 Å². The lowest BCUT2D eigenvalue weighted by Crippen LogP contribution is -2.60. The summed E-state index contributed by atoms with van der Waals surface area (Å²) in [7, 11) is 2.13. The standard InChI is InChI=1S/C15H28N2O3/c1-3-4-13-11-15(5-10-20-13,12-14(18)19)17-8-6-16(2)7-9-17/h13H,3-12H2,1-2H3,(H,18,19). The molecule has 2 heterocycles. The van der Waals surface area contributed by atoms with Crippen molar-refractivity contribution in [3.8, 4) is 0 Å². The molecule has 116 valence electrons. The van der Waals surface area contributed by atoms with Gasteiger partial charge in [-0.25, -0.2) is 0 Å². The van der Waals surface area contributed by atoms with E-state index in [2.05, 4.69) is 23.8 Å². The molecule has 0 radical (unpaired) electrons. The van der Waals surface area contributed by atoms with Crippen LogP contribution in [0.2, 0.25) is 0 Å². The van der Waals surface area contributed by atoms with Crippen LogP contribution in [0.3, 0.4) is 0 Å². The normalized spacial score (nSPS) is 33.2. The average molecular weight is 284 g/mol. The van der Waals surface area contributed by atoms with E-state index >= 15 is 0 Å². The number of hydrogen-bond acceptors (Lipinski definition) is 4. The lowest BCUT2D eigenvalue weighted by atomic mass is 9.80. The van der Waals surface area contributed by atoms with Crippen LogP contribution >= 0.6 is 0 Å². The second kappa shape index (κ2) is 6.87. The predicted molar refractivity (Wildman–Crippen MR) is 77.9 cm³/mol. The molecule has 2 fully saturated rings. The van der Waals surface area contributed by atoms with E-state index in [-0.39, 0.29) is 18.1 Å². The molecule has 0 spiro atoms. The van der Waals surface area contributed by atoms with Gasteiger partial charge in [0.25, 0.3) is 0 Å². The van der Waals surface area contributed by atoms with Crippen molar-refractivity contribution in [3.63, 3.8) is 0 Å². The van der Waals surface area contributed by atoms with Gasteiger partial charge >= 0.3 is 5.97 Å². The summed E-state index contributed by atoms with van der Waals surface area (Å²) in [6.07, 6.45) is 4.33. The van der Waals surface area contributed by atoms with Gasteiger partial charge < -0.3 is 14.7 Å². The molecule has 5 heteroatoms. The maximum absolute atomic E-state index is 11.4. The molecule has 0 aromatic rings. The Hall–Kier alpha value is -0.650. The summed E-state index contributed by atoms with van der Waals surface area (Å²) in [6, 6.07) is 0. The van der Waals surface area contributed by atoms with Crippen LogP contribution < -0.4 is 0 Å². The fourth-order valence-corrected chi connectivity index (χ4v) is 3.63. The maximum Gasteiger partial charge on any atom is 0.305 e. The van der Waals surface area contributed by atoms with E-state index in [1.807, 2.05) is 0 Å². The van der Waals surface area contributed by atoms with Gasteiger partial charge in [-0.3, -0.25) is 9.69 Å². The smallest absolute Gasteiger partial charge is 0.305 e. The molecule has 20 heavy (non-hydrogen) atoms. The summed E-state index contributed by atoms with van der Waals surface area (Å²) in [5, 5.41) is 9.35. The number of rotatable bonds is 5. The van der Waals surface area contributed by atoms with Crippen LogP contribution in [0.1, 0.15) is 39.0 Å². The number of hydrogen-bond donors (Lipinski definition) is 1. The maximum atomic E-state index is 11.4. The first-order valence-electron chi connectivity index (χ1n) is 7.83. The van der Waals surface area contributed by atoms with E-state index < -0.39 is 5.97 Å². The molecule has 1 N–H and O–H groups in total. The van der Waals surface area contributed by atoms with Crippen LogP contribution in [0, 0.1) is 0 Å². The van der Waals surface area contributed by atoms with Crippen molar-refractivity contribution in [1.82, 2.24) is 9.80 Å². The minimum absolute atomic E-state index is 0.189. The zero-order valence-electron chi connectivity index (χ0n) is 12.8. The zero-order valence-corrected chi connectivity index (χ0v) is 12.8. The van der Waals surface area contributed by atoms with Gasteiger partial charge in [0.1, 0.15) is 0 Å². The van der Waals surface area contributed by atoms with Crippen LogP contribution in [-0.2, 0) is 9.53 Å². The summed E-state index contributed by atoms with van der Waals surface area (Å²) < 4.78 is 5.84. The summed E-state index contributed by atoms with van der Waals surface area (Å²) in [5.41, 5.74) is -0.189. The molecule has 2 rings (SSSR count). The van der Waals surface area contributed by atoms with Crippen molar-refractivity contribution < 1.29 is 14.6 Å². The van der Waals surface area contributed by atoms with Gasteiger partial charge in [0, 0.05) is 38.3 Å². The molecule has 5 nitrogen and oxygen atoms in total. The fraction of sp³-hybridized carbons (Fsp3) is 0.933. The zero-order chi connectivity index (χ0) is 14.6. The first-order chi connectivity index (χ1) is 9.55. The number of ether oxygens (including phenoxy) is 1. The number of likely N-dealkylation sites (N-methyl/N-ethyl adjacent to an activating group) is 1. The lowest BCUT2D eigenvalue weighted by molar-refractivity contribution is -0.146. The van der Waals surface area contributed by atoms with Gasteiger partial charge in [-0.15, -0.1) is 0 Å². The first kappa shape index (κ1) is 15.7. The van der Waals surface area contributed by atoms with Gasteiger partial charge in [0.2, 0.25) is 0 Å². The third-order valence-electron chi connectivity index (χ3n) is 4.79. The summed E-state index contributed by atoms with van der Waals surface area (Å²) in [5.74, 6) is -0.680. The van der Waals surface area contributed by atoms with Crippen LogP contribution in [0.25, 0.3) is 0 Å². The van der Waals surface area contributed by atoms with Crippen molar-refractivity contribution in [1.29, 1.82) is 0 Å². The molecule has 0 aromatic carbocycles. The summed E-state index contributed by atoms with van der Waals surface area (Å²) >= 11 is 0. The highest BCUT2D eigenvalue weighted by molar-refractivity contribution is 5.68. The largest absolute Gasteiger partial charge is 0.481 e. The Balaban J connectivity index is 2.10. The monoisotopic (exact) mass is 284 g/mol. The van der Waals surface area contributed by atoms with Gasteiger partial charge in [0.15, 0.2) is 0 Å². The van der Waals surface area contributed by atoms with E-state index in [0.717, 1.165) is 51.9 Å². The minimum Gasteiger partial charge on any atom is -0.481 e. The second-order valence-electron chi connectivity index (χ2n) is 6.32. The molecule has 2 atom stereocenters. The van der Waals surface area contributed by atoms with Gasteiger partial charge in [-0.1, -0.05) is 13.3 Å². The highest BCUT2D eigenvalue weighted by atomic mass is 16.5. The molecule has 0 saturated carbocycles. The van der Waals surface area contributed by atoms with Crippen molar-refractivity contribution in [3.05, 3.63) is 0 Å². The number of carbonyl (C=O) groups is 1. The SMILES string of the molecule is CCCC1CC(CC(=O)O)(N2CCN(C)CC2)CCO1. The Kier molecular flexibility index (Phi) is 5.41. The number of piperazine rings is 1. The van der Waals surface area contributed by atoms with Crippen LogP contribution in [0.15, 0.2) is 0 Å². The summed E-state index contributed by atoms with van der Waals surface area (Å²) in [6.45, 7) is 6.86. The van der Waals surface area contributed by atoms with Crippen LogP contribution in [-0.4, -0.2) is 72.4 Å². The molecule has 2 aliphatic heterocycles. The minimum atomic E-state index is -0.680. The number of nitrogens with zero attached hydrogens (tertiary/aromatic N) is 2. The number of carboxylic acid groups (broad SMARTS) is 1. The molecular formula is C15H28N2O3. The Morgan fingerprint density at radius 1 is 1.35 bits per heavy atom.